The van der Waals surface area contributed by atoms with Crippen LogP contribution in [0.1, 0.15) is 145 Å². The summed E-state index contributed by atoms with van der Waals surface area (Å²) in [5, 5.41) is 0. The Morgan fingerprint density at radius 2 is 0.508 bits per heavy atom. The molecule has 0 aromatic heterocycles. The fourth-order valence-corrected chi connectivity index (χ4v) is 20.7. The van der Waals surface area contributed by atoms with E-state index >= 15 is 48.3 Å². The van der Waals surface area contributed by atoms with Gasteiger partial charge in [-0.15, -0.1) is 13.2 Å². The molecule has 13 unspecified atom stereocenters. The minimum atomic E-state index is -7.80. The van der Waals surface area contributed by atoms with Crippen molar-refractivity contribution >= 4 is 0 Å². The van der Waals surface area contributed by atoms with E-state index in [0.717, 1.165) is 13.0 Å². The Labute approximate surface area is 639 Å². The van der Waals surface area contributed by atoms with E-state index in [0.29, 0.717) is 20.8 Å². The second-order valence-electron chi connectivity index (χ2n) is 32.7. The maximum absolute atomic E-state index is 16.5. The molecular formula is C64H62F52O4. The monoisotopic (exact) mass is 1880 g/mol. The molecule has 120 heavy (non-hydrogen) atoms. The summed E-state index contributed by atoms with van der Waals surface area (Å²) < 4.78 is 753. The van der Waals surface area contributed by atoms with Crippen molar-refractivity contribution < 1.29 is 247 Å². The van der Waals surface area contributed by atoms with E-state index in [-0.39, 0.29) is 19.9 Å². The molecule has 4 heterocycles. The van der Waals surface area contributed by atoms with Crippen LogP contribution in [0.15, 0.2) is 25.3 Å². The van der Waals surface area contributed by atoms with Gasteiger partial charge in [-0.3, -0.25) is 0 Å². The number of halogens is 52. The summed E-state index contributed by atoms with van der Waals surface area (Å²) in [6.07, 6.45) is -102. The fourth-order valence-electron chi connectivity index (χ4n) is 20.7. The molecule has 0 amide bonds. The van der Waals surface area contributed by atoms with Crippen molar-refractivity contribution in [2.75, 3.05) is 0 Å². The fraction of sp³-hybridized carbons (Fsp3) is 0.938. The van der Waals surface area contributed by atoms with Crippen molar-refractivity contribution in [2.45, 2.75) is 312 Å². The van der Waals surface area contributed by atoms with E-state index in [4.69, 9.17) is 0 Å². The van der Waals surface area contributed by atoms with E-state index in [2.05, 4.69) is 32.1 Å². The van der Waals surface area contributed by atoms with Crippen LogP contribution in [-0.2, 0) is 18.9 Å². The van der Waals surface area contributed by atoms with Gasteiger partial charge in [-0.1, -0.05) is 46.3 Å². The van der Waals surface area contributed by atoms with Gasteiger partial charge in [0.25, 0.3) is 11.2 Å². The van der Waals surface area contributed by atoms with Crippen LogP contribution in [0.3, 0.4) is 0 Å². The average molecular weight is 1880 g/mol. The summed E-state index contributed by atoms with van der Waals surface area (Å²) in [5.41, 5.74) is -60.7. The molecule has 4 saturated heterocycles. The molecular weight excluding hydrogens is 1820 g/mol. The third kappa shape index (κ3) is 12.7. The number of hydrogen-bond donors (Lipinski definition) is 0. The van der Waals surface area contributed by atoms with Gasteiger partial charge in [0.1, 0.15) is 11.2 Å². The molecule has 8 bridgehead atoms. The maximum Gasteiger partial charge on any atom is 0.459 e. The van der Waals surface area contributed by atoms with E-state index < -0.39 is 326 Å². The second kappa shape index (κ2) is 27.6. The zero-order valence-electron chi connectivity index (χ0n) is 61.1. The summed E-state index contributed by atoms with van der Waals surface area (Å²) in [6, 6.07) is 0. The number of alkyl halides is 52. The normalized spacial score (nSPS) is 33.9. The Morgan fingerprint density at radius 3 is 0.783 bits per heavy atom. The second-order valence-corrected chi connectivity index (χ2v) is 32.7. The Kier molecular flexibility index (Phi) is 24.0. The van der Waals surface area contributed by atoms with Gasteiger partial charge in [-0.05, 0) is 122 Å². The third-order valence-electron chi connectivity index (χ3n) is 27.2. The molecule has 706 valence electrons. The van der Waals surface area contributed by atoms with E-state index in [9.17, 15) is 180 Å². The molecule has 8 aliphatic rings. The lowest BCUT2D eigenvalue weighted by Gasteiger charge is -2.67. The zero-order chi connectivity index (χ0) is 95.5. The standard InChI is InChI=1S/C34H36F26O2.C17H13F17O.C13H13F9O/c1-7-18(4,22-11-9-16(13-22)24(30(46,47)48,31(49,50)51)62-20(22,6)29(43,44)45)14-17(2,3)21-10-8-15(12-21)23(26(37,38)32(52,53)54,27(39,40)33(55,56)57)61-19(21,5)25(35,36)28(41,42)34(58,59)60;1-3-9-5-4-7(6-9)10(12(20,21)15(26,27)28,13(22,23)16(29,30)31)35-8(9,2)11(18,19)14(24,25)17(32,33)34;1-3-9-5-4-7(6-9)10(12(17,18)19,13(20,21)22)23-8(9,2)11(14,15)16/h15-16H,7-14H2,1-6H3;3,7H,1,4-6H2,2H3;3,7H,1,4-6H2,2H3. The number of ether oxygens (including phenoxy) is 4. The Hall–Kier alpha value is -4.32. The van der Waals surface area contributed by atoms with E-state index in [1.165, 1.54) is 0 Å². The van der Waals surface area contributed by atoms with Crippen molar-refractivity contribution in [3.63, 3.8) is 0 Å². The summed E-state index contributed by atoms with van der Waals surface area (Å²) >= 11 is 0. The molecule has 8 fully saturated rings. The van der Waals surface area contributed by atoms with Crippen molar-refractivity contribution in [1.82, 2.24) is 0 Å². The highest BCUT2D eigenvalue weighted by Gasteiger charge is 2.99. The van der Waals surface area contributed by atoms with Crippen LogP contribution >= 0.6 is 0 Å². The molecule has 0 aromatic rings. The predicted molar refractivity (Wildman–Crippen MR) is 297 cm³/mol. The molecule has 0 spiro atoms. The Bertz CT molecular complexity index is 3690. The van der Waals surface area contributed by atoms with Crippen LogP contribution in [0.4, 0.5) is 228 Å². The van der Waals surface area contributed by atoms with Crippen LogP contribution in [-0.4, -0.2) is 166 Å². The van der Waals surface area contributed by atoms with Crippen LogP contribution in [0.2, 0.25) is 0 Å². The zero-order valence-corrected chi connectivity index (χ0v) is 61.1. The number of hydrogen-bond acceptors (Lipinski definition) is 4. The first kappa shape index (κ1) is 104. The van der Waals surface area contributed by atoms with Crippen molar-refractivity contribution in [2.24, 2.45) is 56.2 Å². The van der Waals surface area contributed by atoms with Crippen LogP contribution in [0.25, 0.3) is 0 Å². The smallest absolute Gasteiger partial charge is 0.348 e. The SMILES string of the molecule is C=CC12CCC(C1)C(C(F)(F)C(F)(F)F)(C(F)(F)C(F)(F)F)OC2(C)C(F)(F)C(F)(F)C(F)(F)F.C=CC12CCC(C1)C(C(F)(F)F)(C(F)(F)F)OC2(C)C(F)(F)F.CCC(C)(CC(C)(C)C12CCC(C1)C(C(F)(F)C(F)(F)F)(C(F)(F)C(F)(F)F)OC2(C)C(F)(F)C(F)(F)C(F)(F)F)C12CCC(C1)C(C(F)(F)F)(C(F)(F)F)OC2(C)C(F)(F)F. The average Bonchev–Trinajstić information content (AvgIpc) is 1.38. The van der Waals surface area contributed by atoms with Gasteiger partial charge in [0.15, 0.2) is 11.2 Å². The van der Waals surface area contributed by atoms with Gasteiger partial charge < -0.3 is 18.9 Å². The molecule has 4 saturated carbocycles. The van der Waals surface area contributed by atoms with Crippen molar-refractivity contribution in [1.29, 1.82) is 0 Å². The Morgan fingerprint density at radius 1 is 0.275 bits per heavy atom. The molecule has 56 heteroatoms. The van der Waals surface area contributed by atoms with Gasteiger partial charge in [0, 0.05) is 45.3 Å². The number of fused-ring (bicyclic) bond motifs is 8. The molecule has 0 N–H and O–H groups in total. The quantitative estimate of drug-likeness (QED) is 0.121. The molecule has 13 atom stereocenters. The van der Waals surface area contributed by atoms with Gasteiger partial charge in [-0.25, -0.2) is 0 Å². The van der Waals surface area contributed by atoms with Gasteiger partial charge >= 0.3 is 121 Å². The highest BCUT2D eigenvalue weighted by atomic mass is 19.5. The van der Waals surface area contributed by atoms with Crippen LogP contribution in [0, 0.1) is 56.2 Å². The van der Waals surface area contributed by atoms with Gasteiger partial charge in [0.05, 0.1) is 0 Å². The van der Waals surface area contributed by atoms with E-state index in [1.807, 2.05) is 0 Å². The van der Waals surface area contributed by atoms with Crippen LogP contribution < -0.4 is 0 Å². The molecule has 0 aromatic carbocycles. The molecule has 4 aliphatic carbocycles. The van der Waals surface area contributed by atoms with Crippen molar-refractivity contribution in [3.05, 3.63) is 25.3 Å². The minimum Gasteiger partial charge on any atom is -0.348 e. The summed E-state index contributed by atoms with van der Waals surface area (Å²) in [6.45, 7) is 6.86. The molecule has 8 rings (SSSR count). The van der Waals surface area contributed by atoms with Crippen LogP contribution in [0.5, 0.6) is 0 Å². The highest BCUT2D eigenvalue weighted by Crippen LogP contribution is 2.83. The lowest BCUT2D eigenvalue weighted by atomic mass is 9.43. The highest BCUT2D eigenvalue weighted by molar-refractivity contribution is 5.33. The van der Waals surface area contributed by atoms with Gasteiger partial charge in [-0.2, -0.15) is 228 Å². The Balaban J connectivity index is 0.000000320. The first-order chi connectivity index (χ1) is 52.0. The van der Waals surface area contributed by atoms with Gasteiger partial charge in [0.2, 0.25) is 11.2 Å². The lowest BCUT2D eigenvalue weighted by Crippen LogP contribution is -2.83. The number of rotatable bonds is 15. The molecule has 0 radical (unpaired) electrons. The minimum absolute atomic E-state index is 0.0781. The first-order valence-corrected chi connectivity index (χ1v) is 33.9. The largest absolute Gasteiger partial charge is 0.459 e. The maximum atomic E-state index is 16.5. The molecule has 4 nitrogen and oxygen atoms in total. The topological polar surface area (TPSA) is 36.9 Å². The van der Waals surface area contributed by atoms with Crippen molar-refractivity contribution in [3.8, 4) is 0 Å². The summed E-state index contributed by atoms with van der Waals surface area (Å²) in [4.78, 5) is 0. The third-order valence-corrected chi connectivity index (χ3v) is 27.2. The first-order valence-electron chi connectivity index (χ1n) is 33.9. The molecule has 4 aliphatic heterocycles. The summed E-state index contributed by atoms with van der Waals surface area (Å²) in [7, 11) is 0. The van der Waals surface area contributed by atoms with E-state index in [1.54, 1.807) is 0 Å². The predicted octanol–water partition coefficient (Wildman–Crippen LogP) is 27.3. The lowest BCUT2D eigenvalue weighted by molar-refractivity contribution is -0.501. The summed E-state index contributed by atoms with van der Waals surface area (Å²) in [5.74, 6) is -72.0.